The van der Waals surface area contributed by atoms with Crippen molar-refractivity contribution in [1.29, 1.82) is 0 Å². The highest BCUT2D eigenvalue weighted by molar-refractivity contribution is 7.70. The second-order valence-corrected chi connectivity index (χ2v) is 13.6. The summed E-state index contributed by atoms with van der Waals surface area (Å²) in [5.74, 6) is 0.864. The molecule has 2 fully saturated rings. The van der Waals surface area contributed by atoms with Gasteiger partial charge in [0.2, 0.25) is 5.95 Å². The first-order chi connectivity index (χ1) is 17.3. The van der Waals surface area contributed by atoms with Crippen molar-refractivity contribution >= 4 is 47.2 Å². The van der Waals surface area contributed by atoms with Crippen molar-refractivity contribution in [3.05, 3.63) is 47.9 Å². The summed E-state index contributed by atoms with van der Waals surface area (Å²) in [6, 6.07) is 8.59. The maximum Gasteiger partial charge on any atom is 0.229 e. The van der Waals surface area contributed by atoms with Gasteiger partial charge in [-0.15, -0.1) is 0 Å². The van der Waals surface area contributed by atoms with Crippen LogP contribution in [0, 0.1) is 0 Å². The molecule has 5 rings (SSSR count). The zero-order valence-electron chi connectivity index (χ0n) is 21.1. The Morgan fingerprint density at radius 1 is 1.06 bits per heavy atom. The normalized spacial score (nSPS) is 21.2. The van der Waals surface area contributed by atoms with Crippen LogP contribution in [0.2, 0.25) is 5.02 Å². The summed E-state index contributed by atoms with van der Waals surface area (Å²) in [5, 5.41) is 12.2. The van der Waals surface area contributed by atoms with E-state index in [-0.39, 0.29) is 0 Å². The fraction of sp³-hybridized carbons (Fsp3) is 0.480. The number of likely N-dealkylation sites (N-methyl/N-ethyl adjacent to an activating group) is 1. The monoisotopic (exact) mass is 528 g/mol. The van der Waals surface area contributed by atoms with E-state index >= 15 is 0 Å². The molecule has 2 aliphatic rings. The van der Waals surface area contributed by atoms with Crippen molar-refractivity contribution in [3.8, 4) is 0 Å². The number of hydrogen-bond acceptors (Lipinski definition) is 8. The smallest absolute Gasteiger partial charge is 0.229 e. The molecule has 1 saturated heterocycles. The first-order valence-corrected chi connectivity index (χ1v) is 15.5. The Bertz CT molecular complexity index is 1250. The molecule has 2 N–H and O–H groups in total. The average Bonchev–Trinajstić information content (AvgIpc) is 3.28. The van der Waals surface area contributed by atoms with E-state index in [0.29, 0.717) is 28.9 Å². The Labute approximate surface area is 217 Å². The maximum atomic E-state index is 12.7. The predicted molar refractivity (Wildman–Crippen MR) is 147 cm³/mol. The van der Waals surface area contributed by atoms with Gasteiger partial charge >= 0.3 is 0 Å². The number of aromatic nitrogens is 4. The Kier molecular flexibility index (Phi) is 7.35. The van der Waals surface area contributed by atoms with Crippen LogP contribution in [0.3, 0.4) is 0 Å². The van der Waals surface area contributed by atoms with E-state index in [1.54, 1.807) is 25.7 Å². The topological polar surface area (TPSA) is 91.2 Å². The molecule has 1 aliphatic heterocycles. The highest BCUT2D eigenvalue weighted by Gasteiger charge is 2.36. The number of para-hydroxylation sites is 1. The number of hydrogen-bond donors (Lipinski definition) is 2. The van der Waals surface area contributed by atoms with Crippen LogP contribution in [-0.2, 0) is 4.57 Å². The Morgan fingerprint density at radius 3 is 2.53 bits per heavy atom. The number of rotatable bonds is 8. The number of halogens is 1. The summed E-state index contributed by atoms with van der Waals surface area (Å²) in [5.41, 5.74) is 1.55. The van der Waals surface area contributed by atoms with Crippen LogP contribution in [0.25, 0.3) is 0 Å². The quantitative estimate of drug-likeness (QED) is 0.416. The standard InChI is InChI=1S/C25H34ClN8OP/c1-4-32-9-11-33(12-10-32)19-13-20(14-19)34-17-18(15-28-34)29-25-27-16-21(26)24(31-25)30-22-7-5-6-8-23(22)36(2,3)35/h5-8,15-17,19-20H,4,9-14H2,1-3H3,(H2,27,29,30,31). The molecule has 36 heavy (non-hydrogen) atoms. The molecule has 0 amide bonds. The van der Waals surface area contributed by atoms with Gasteiger partial charge < -0.3 is 20.1 Å². The van der Waals surface area contributed by atoms with Gasteiger partial charge in [-0.05, 0) is 44.8 Å². The summed E-state index contributed by atoms with van der Waals surface area (Å²) >= 11 is 6.37. The minimum absolute atomic E-state index is 0.383. The van der Waals surface area contributed by atoms with Crippen molar-refractivity contribution in [1.82, 2.24) is 29.5 Å². The largest absolute Gasteiger partial charge is 0.338 e. The molecule has 1 aromatic carbocycles. The number of nitrogens with one attached hydrogen (secondary N) is 2. The number of nitrogens with zero attached hydrogens (tertiary/aromatic N) is 6. The van der Waals surface area contributed by atoms with Crippen LogP contribution >= 0.6 is 18.7 Å². The minimum Gasteiger partial charge on any atom is -0.338 e. The van der Waals surface area contributed by atoms with Crippen LogP contribution < -0.4 is 15.9 Å². The van der Waals surface area contributed by atoms with Gasteiger partial charge in [-0.25, -0.2) is 4.98 Å². The third-order valence-electron chi connectivity index (χ3n) is 7.17. The molecule has 0 atom stereocenters. The fourth-order valence-electron chi connectivity index (χ4n) is 4.94. The lowest BCUT2D eigenvalue weighted by atomic mass is 9.85. The van der Waals surface area contributed by atoms with Crippen LogP contribution in [0.5, 0.6) is 0 Å². The van der Waals surface area contributed by atoms with E-state index in [4.69, 9.17) is 11.6 Å². The lowest BCUT2D eigenvalue weighted by Gasteiger charge is -2.46. The molecule has 11 heteroatoms. The van der Waals surface area contributed by atoms with Gasteiger partial charge in [0, 0.05) is 43.7 Å². The molecule has 3 aromatic rings. The van der Waals surface area contributed by atoms with E-state index in [2.05, 4.69) is 42.4 Å². The van der Waals surface area contributed by atoms with E-state index in [9.17, 15) is 4.57 Å². The van der Waals surface area contributed by atoms with Gasteiger partial charge in [-0.2, -0.15) is 10.1 Å². The highest BCUT2D eigenvalue weighted by atomic mass is 35.5. The fourth-order valence-corrected chi connectivity index (χ4v) is 6.23. The van der Waals surface area contributed by atoms with Crippen molar-refractivity contribution in [3.63, 3.8) is 0 Å². The Morgan fingerprint density at radius 2 is 1.81 bits per heavy atom. The second-order valence-electron chi connectivity index (χ2n) is 9.97. The van der Waals surface area contributed by atoms with E-state index in [1.807, 2.05) is 35.1 Å². The van der Waals surface area contributed by atoms with Crippen LogP contribution in [0.1, 0.15) is 25.8 Å². The zero-order valence-corrected chi connectivity index (χ0v) is 22.7. The van der Waals surface area contributed by atoms with Crippen LogP contribution in [0.4, 0.5) is 23.1 Å². The molecule has 0 unspecified atom stereocenters. The SMILES string of the molecule is CCN1CCN(C2CC(n3cc(Nc4ncc(Cl)c(Nc5ccccc5P(C)(C)=O)n4)cn3)C2)CC1. The number of anilines is 4. The third-order valence-corrected chi connectivity index (χ3v) is 9.00. The van der Waals surface area contributed by atoms with Crippen molar-refractivity contribution in [2.45, 2.75) is 31.8 Å². The molecular formula is C25H34ClN8OP. The zero-order chi connectivity index (χ0) is 25.3. The molecule has 1 saturated carbocycles. The van der Waals surface area contributed by atoms with E-state index in [0.717, 1.165) is 36.1 Å². The van der Waals surface area contributed by atoms with Crippen molar-refractivity contribution < 1.29 is 4.57 Å². The Hall–Kier alpha value is -2.45. The first kappa shape index (κ1) is 25.2. The molecule has 192 valence electrons. The first-order valence-electron chi connectivity index (χ1n) is 12.5. The molecule has 0 bridgehead atoms. The van der Waals surface area contributed by atoms with Gasteiger partial charge in [0.05, 0.1) is 29.8 Å². The van der Waals surface area contributed by atoms with Crippen molar-refractivity contribution in [2.75, 3.05) is 56.7 Å². The maximum absolute atomic E-state index is 12.7. The molecule has 2 aromatic heterocycles. The predicted octanol–water partition coefficient (Wildman–Crippen LogP) is 4.40. The van der Waals surface area contributed by atoms with Crippen LogP contribution in [-0.4, -0.2) is 81.6 Å². The molecular weight excluding hydrogens is 495 g/mol. The van der Waals surface area contributed by atoms with Gasteiger partial charge in [0.25, 0.3) is 0 Å². The van der Waals surface area contributed by atoms with Gasteiger partial charge in [-0.3, -0.25) is 9.58 Å². The summed E-state index contributed by atoms with van der Waals surface area (Å²) in [7, 11) is -2.48. The molecule has 3 heterocycles. The highest BCUT2D eigenvalue weighted by Crippen LogP contribution is 2.39. The van der Waals surface area contributed by atoms with Crippen molar-refractivity contribution in [2.24, 2.45) is 0 Å². The van der Waals surface area contributed by atoms with E-state index < -0.39 is 7.14 Å². The second kappa shape index (κ2) is 10.5. The molecule has 0 spiro atoms. The third kappa shape index (κ3) is 5.59. The number of piperazine rings is 1. The summed E-state index contributed by atoms with van der Waals surface area (Å²) in [6.45, 7) is 11.6. The summed E-state index contributed by atoms with van der Waals surface area (Å²) in [4.78, 5) is 14.0. The number of benzene rings is 1. The molecule has 1 aliphatic carbocycles. The Balaban J connectivity index is 1.21. The lowest BCUT2D eigenvalue weighted by molar-refractivity contribution is 0.0351. The van der Waals surface area contributed by atoms with Gasteiger partial charge in [0.15, 0.2) is 5.82 Å². The summed E-state index contributed by atoms with van der Waals surface area (Å²) in [6.07, 6.45) is 7.64. The van der Waals surface area contributed by atoms with Crippen LogP contribution in [0.15, 0.2) is 42.9 Å². The van der Waals surface area contributed by atoms with E-state index in [1.165, 1.54) is 26.2 Å². The summed E-state index contributed by atoms with van der Waals surface area (Å²) < 4.78 is 14.8. The average molecular weight is 529 g/mol. The molecule has 0 radical (unpaired) electrons. The van der Waals surface area contributed by atoms with Gasteiger partial charge in [0.1, 0.15) is 12.2 Å². The molecule has 9 nitrogen and oxygen atoms in total. The van der Waals surface area contributed by atoms with Gasteiger partial charge in [-0.1, -0.05) is 30.7 Å². The minimum atomic E-state index is -2.48. The lowest BCUT2D eigenvalue weighted by Crippen LogP contribution is -2.54.